The second kappa shape index (κ2) is 4.11. The molecule has 1 heterocycles. The van der Waals surface area contributed by atoms with E-state index < -0.39 is 0 Å². The normalized spacial score (nSPS) is 18.0. The minimum absolute atomic E-state index is 0. The average molecular weight is 203 g/mol. The number of aromatic nitrogens is 1. The maximum Gasteiger partial charge on any atom is 0.140 e. The molecule has 1 atom stereocenters. The van der Waals surface area contributed by atoms with E-state index in [-0.39, 0.29) is 18.4 Å². The van der Waals surface area contributed by atoms with Gasteiger partial charge in [-0.15, -0.1) is 12.4 Å². The van der Waals surface area contributed by atoms with Crippen LogP contribution in [0.5, 0.6) is 0 Å². The quantitative estimate of drug-likeness (QED) is 0.814. The van der Waals surface area contributed by atoms with Crippen molar-refractivity contribution in [3.63, 3.8) is 0 Å². The molecule has 13 heavy (non-hydrogen) atoms. The van der Waals surface area contributed by atoms with Crippen LogP contribution in [0.25, 0.3) is 0 Å². The molecule has 1 aromatic rings. The molecule has 1 fully saturated rings. The fourth-order valence-corrected chi connectivity index (χ4v) is 1.31. The Balaban J connectivity index is 0.000000845. The summed E-state index contributed by atoms with van der Waals surface area (Å²) < 4.78 is 5.18. The zero-order valence-corrected chi connectivity index (χ0v) is 8.51. The Morgan fingerprint density at radius 3 is 2.92 bits per heavy atom. The molecule has 0 aliphatic heterocycles. The molecule has 0 amide bonds. The highest BCUT2D eigenvalue weighted by Gasteiger charge is 2.27. The number of hydrogen-bond donors (Lipinski definition) is 1. The summed E-state index contributed by atoms with van der Waals surface area (Å²) in [5.74, 6) is 1.70. The zero-order chi connectivity index (χ0) is 8.55. The van der Waals surface area contributed by atoms with Crippen LogP contribution in [-0.4, -0.2) is 11.2 Å². The number of nitrogens with two attached hydrogens (primary N) is 1. The van der Waals surface area contributed by atoms with Crippen molar-refractivity contribution in [3.8, 4) is 0 Å². The SMILES string of the molecule is CC(N)Cc1cc(C2CC2)on1.Cl. The maximum absolute atomic E-state index is 5.64. The third-order valence-corrected chi connectivity index (χ3v) is 2.09. The molecule has 1 saturated carbocycles. The van der Waals surface area contributed by atoms with Gasteiger partial charge in [-0.1, -0.05) is 5.16 Å². The fraction of sp³-hybridized carbons (Fsp3) is 0.667. The number of rotatable bonds is 3. The molecule has 0 bridgehead atoms. The lowest BCUT2D eigenvalue weighted by atomic mass is 10.2. The molecule has 1 aliphatic rings. The standard InChI is InChI=1S/C9H14N2O.ClH/c1-6(10)4-8-5-9(12-11-8)7-2-3-7;/h5-7H,2-4,10H2,1H3;1H. The average Bonchev–Trinajstić information content (AvgIpc) is 2.73. The van der Waals surface area contributed by atoms with Crippen molar-refractivity contribution in [2.75, 3.05) is 0 Å². The lowest BCUT2D eigenvalue weighted by Crippen LogP contribution is -2.17. The van der Waals surface area contributed by atoms with Gasteiger partial charge in [-0.2, -0.15) is 0 Å². The molecule has 4 heteroatoms. The Labute approximate surface area is 84.1 Å². The first-order chi connectivity index (χ1) is 5.75. The van der Waals surface area contributed by atoms with Crippen LogP contribution < -0.4 is 5.73 Å². The first-order valence-electron chi connectivity index (χ1n) is 4.47. The highest BCUT2D eigenvalue weighted by Crippen LogP contribution is 2.40. The summed E-state index contributed by atoms with van der Waals surface area (Å²) in [7, 11) is 0. The molecular formula is C9H15ClN2O. The van der Waals surface area contributed by atoms with Crippen molar-refractivity contribution < 1.29 is 4.52 Å². The molecule has 1 aromatic heterocycles. The minimum atomic E-state index is 0. The van der Waals surface area contributed by atoms with Gasteiger partial charge in [0.1, 0.15) is 5.76 Å². The van der Waals surface area contributed by atoms with Gasteiger partial charge >= 0.3 is 0 Å². The van der Waals surface area contributed by atoms with Crippen LogP contribution in [0.4, 0.5) is 0 Å². The molecule has 3 nitrogen and oxygen atoms in total. The van der Waals surface area contributed by atoms with E-state index >= 15 is 0 Å². The first kappa shape index (κ1) is 10.5. The maximum atomic E-state index is 5.64. The number of hydrogen-bond acceptors (Lipinski definition) is 3. The predicted octanol–water partition coefficient (Wildman–Crippen LogP) is 1.86. The second-order valence-electron chi connectivity index (χ2n) is 3.68. The summed E-state index contributed by atoms with van der Waals surface area (Å²) in [4.78, 5) is 0. The molecule has 2 N–H and O–H groups in total. The lowest BCUT2D eigenvalue weighted by Gasteiger charge is -1.97. The Morgan fingerprint density at radius 2 is 2.38 bits per heavy atom. The monoisotopic (exact) mass is 202 g/mol. The summed E-state index contributed by atoms with van der Waals surface area (Å²) >= 11 is 0. The van der Waals surface area contributed by atoms with Crippen LogP contribution in [0, 0.1) is 0 Å². The largest absolute Gasteiger partial charge is 0.361 e. The Kier molecular flexibility index (Phi) is 3.33. The molecular weight excluding hydrogens is 188 g/mol. The highest BCUT2D eigenvalue weighted by molar-refractivity contribution is 5.85. The smallest absolute Gasteiger partial charge is 0.140 e. The number of nitrogens with zero attached hydrogens (tertiary/aromatic N) is 1. The molecule has 1 aliphatic carbocycles. The van der Waals surface area contributed by atoms with Crippen molar-refractivity contribution in [1.29, 1.82) is 0 Å². The van der Waals surface area contributed by atoms with Crippen molar-refractivity contribution in [3.05, 3.63) is 17.5 Å². The van der Waals surface area contributed by atoms with Gasteiger partial charge in [0.05, 0.1) is 5.69 Å². The van der Waals surface area contributed by atoms with Crippen LogP contribution in [0.2, 0.25) is 0 Å². The van der Waals surface area contributed by atoms with Crippen molar-refractivity contribution in [1.82, 2.24) is 5.16 Å². The predicted molar refractivity (Wildman–Crippen MR) is 53.1 cm³/mol. The Morgan fingerprint density at radius 1 is 1.69 bits per heavy atom. The van der Waals surface area contributed by atoms with Crippen LogP contribution in [0.3, 0.4) is 0 Å². The third kappa shape index (κ3) is 2.71. The summed E-state index contributed by atoms with van der Waals surface area (Å²) in [6, 6.07) is 2.21. The number of halogens is 1. The molecule has 0 saturated heterocycles. The van der Waals surface area contributed by atoms with E-state index in [1.807, 2.05) is 13.0 Å². The van der Waals surface area contributed by atoms with Crippen LogP contribution in [-0.2, 0) is 6.42 Å². The van der Waals surface area contributed by atoms with Gasteiger partial charge in [0.2, 0.25) is 0 Å². The summed E-state index contributed by atoms with van der Waals surface area (Å²) in [5.41, 5.74) is 6.64. The van der Waals surface area contributed by atoms with E-state index in [9.17, 15) is 0 Å². The topological polar surface area (TPSA) is 52.0 Å². The van der Waals surface area contributed by atoms with Gasteiger partial charge in [-0.05, 0) is 19.8 Å². The van der Waals surface area contributed by atoms with Crippen molar-refractivity contribution >= 4 is 12.4 Å². The molecule has 74 valence electrons. The Bertz CT molecular complexity index is 268. The van der Waals surface area contributed by atoms with E-state index in [2.05, 4.69) is 5.16 Å². The van der Waals surface area contributed by atoms with Gasteiger partial charge in [0.15, 0.2) is 0 Å². The van der Waals surface area contributed by atoms with E-state index in [0.717, 1.165) is 17.9 Å². The van der Waals surface area contributed by atoms with Gasteiger partial charge in [-0.25, -0.2) is 0 Å². The lowest BCUT2D eigenvalue weighted by molar-refractivity contribution is 0.377. The van der Waals surface area contributed by atoms with Crippen LogP contribution in [0.15, 0.2) is 10.6 Å². The third-order valence-electron chi connectivity index (χ3n) is 2.09. The van der Waals surface area contributed by atoms with Crippen LogP contribution in [0.1, 0.15) is 37.1 Å². The summed E-state index contributed by atoms with van der Waals surface area (Å²) in [5, 5.41) is 3.96. The van der Waals surface area contributed by atoms with Crippen LogP contribution >= 0.6 is 12.4 Å². The zero-order valence-electron chi connectivity index (χ0n) is 7.69. The van der Waals surface area contributed by atoms with Gasteiger partial charge in [-0.3, -0.25) is 0 Å². The molecule has 0 radical (unpaired) electrons. The van der Waals surface area contributed by atoms with E-state index in [4.69, 9.17) is 10.3 Å². The van der Waals surface area contributed by atoms with E-state index in [1.165, 1.54) is 12.8 Å². The summed E-state index contributed by atoms with van der Waals surface area (Å²) in [6.07, 6.45) is 3.33. The fourth-order valence-electron chi connectivity index (χ4n) is 1.31. The molecule has 2 rings (SSSR count). The first-order valence-corrected chi connectivity index (χ1v) is 4.47. The highest BCUT2D eigenvalue weighted by atomic mass is 35.5. The van der Waals surface area contributed by atoms with Crippen molar-refractivity contribution in [2.45, 2.75) is 38.1 Å². The van der Waals surface area contributed by atoms with Gasteiger partial charge < -0.3 is 10.3 Å². The molecule has 0 aromatic carbocycles. The Hall–Kier alpha value is -0.540. The van der Waals surface area contributed by atoms with Gasteiger partial charge in [0, 0.05) is 24.4 Å². The van der Waals surface area contributed by atoms with Gasteiger partial charge in [0.25, 0.3) is 0 Å². The molecule has 0 spiro atoms. The second-order valence-corrected chi connectivity index (χ2v) is 3.68. The van der Waals surface area contributed by atoms with E-state index in [1.54, 1.807) is 0 Å². The van der Waals surface area contributed by atoms with E-state index in [0.29, 0.717) is 5.92 Å². The summed E-state index contributed by atoms with van der Waals surface area (Å²) in [6.45, 7) is 1.98. The minimum Gasteiger partial charge on any atom is -0.361 e. The van der Waals surface area contributed by atoms with Crippen molar-refractivity contribution in [2.24, 2.45) is 5.73 Å². The molecule has 1 unspecified atom stereocenters.